The van der Waals surface area contributed by atoms with E-state index in [2.05, 4.69) is 36.7 Å². The van der Waals surface area contributed by atoms with Crippen LogP contribution in [0.5, 0.6) is 0 Å². The zero-order chi connectivity index (χ0) is 16.3. The van der Waals surface area contributed by atoms with Gasteiger partial charge in [0.05, 0.1) is 5.69 Å². The van der Waals surface area contributed by atoms with Crippen LogP contribution < -0.4 is 10.6 Å². The van der Waals surface area contributed by atoms with Crippen molar-refractivity contribution in [3.05, 3.63) is 29.8 Å². The van der Waals surface area contributed by atoms with E-state index >= 15 is 0 Å². The zero-order valence-electron chi connectivity index (χ0n) is 12.7. The first-order chi connectivity index (χ1) is 10.4. The maximum Gasteiger partial charge on any atom is 0.326 e. The number of nitrogens with two attached hydrogens (primary N) is 1. The van der Waals surface area contributed by atoms with Crippen molar-refractivity contribution in [2.45, 2.75) is 25.9 Å². The van der Waals surface area contributed by atoms with Crippen molar-refractivity contribution >= 4 is 42.2 Å². The van der Waals surface area contributed by atoms with Gasteiger partial charge in [0.2, 0.25) is 11.1 Å². The number of aryl methyl sites for hydroxylation is 1. The minimum Gasteiger partial charge on any atom is -0.351 e. The monoisotopic (exact) mass is 337 g/mol. The number of rotatable bonds is 5. The number of benzene rings is 1. The summed E-state index contributed by atoms with van der Waals surface area (Å²) in [4.78, 5) is 17.6. The standard InChI is InChI=1S/C14H19N5OS2/c1-9(2)8-22-13-16-14(19(21)17-13)18(12(15)20)11-7-5-4-6-10(11)3/h4-7,9,21H,8H2,1-3H3,(H2,15,20). The maximum absolute atomic E-state index is 11.9. The van der Waals surface area contributed by atoms with Crippen LogP contribution in [0.3, 0.4) is 0 Å². The average molecular weight is 337 g/mol. The first-order valence-electron chi connectivity index (χ1n) is 6.84. The minimum atomic E-state index is -0.627. The lowest BCUT2D eigenvalue weighted by atomic mass is 10.2. The molecular formula is C14H19N5OS2. The van der Waals surface area contributed by atoms with E-state index in [0.717, 1.165) is 11.3 Å². The van der Waals surface area contributed by atoms with Gasteiger partial charge in [0, 0.05) is 5.75 Å². The van der Waals surface area contributed by atoms with E-state index in [4.69, 9.17) is 5.73 Å². The molecule has 1 aromatic heterocycles. The minimum absolute atomic E-state index is 0.288. The molecular weight excluding hydrogens is 318 g/mol. The Balaban J connectivity index is 2.38. The zero-order valence-corrected chi connectivity index (χ0v) is 14.4. The topological polar surface area (TPSA) is 77.0 Å². The number of para-hydroxylation sites is 1. The van der Waals surface area contributed by atoms with Crippen LogP contribution in [0.15, 0.2) is 29.4 Å². The normalized spacial score (nSPS) is 11.0. The summed E-state index contributed by atoms with van der Waals surface area (Å²) in [6.07, 6.45) is 0. The number of thioether (sulfide) groups is 1. The molecule has 0 aliphatic heterocycles. The van der Waals surface area contributed by atoms with Gasteiger partial charge in [0.15, 0.2) is 0 Å². The van der Waals surface area contributed by atoms with E-state index in [1.807, 2.05) is 31.2 Å². The SMILES string of the molecule is Cc1ccccc1N(C(N)=O)c1nc(SCC(C)C)nn1S. The average Bonchev–Trinajstić information content (AvgIpc) is 2.80. The first-order valence-corrected chi connectivity index (χ1v) is 8.23. The Labute approximate surface area is 139 Å². The van der Waals surface area contributed by atoms with E-state index in [1.165, 1.54) is 20.7 Å². The second kappa shape index (κ2) is 7.06. The molecule has 0 spiro atoms. The quantitative estimate of drug-likeness (QED) is 0.648. The molecule has 2 amide bonds. The van der Waals surface area contributed by atoms with Crippen molar-refractivity contribution in [2.24, 2.45) is 11.7 Å². The molecule has 0 saturated carbocycles. The van der Waals surface area contributed by atoms with Gasteiger partial charge in [-0.15, -0.1) is 5.10 Å². The van der Waals surface area contributed by atoms with Crippen LogP contribution in [0, 0.1) is 12.8 Å². The van der Waals surface area contributed by atoms with Gasteiger partial charge in [-0.05, 0) is 37.3 Å². The Morgan fingerprint density at radius 3 is 2.73 bits per heavy atom. The van der Waals surface area contributed by atoms with Crippen molar-refractivity contribution in [3.63, 3.8) is 0 Å². The van der Waals surface area contributed by atoms with Crippen molar-refractivity contribution in [3.8, 4) is 0 Å². The van der Waals surface area contributed by atoms with Crippen LogP contribution in [0.2, 0.25) is 0 Å². The highest BCUT2D eigenvalue weighted by molar-refractivity contribution is 7.99. The number of urea groups is 1. The molecule has 2 aromatic rings. The Kier molecular flexibility index (Phi) is 5.36. The summed E-state index contributed by atoms with van der Waals surface area (Å²) in [5, 5.41) is 4.79. The number of aromatic nitrogens is 3. The Hall–Kier alpha value is -1.67. The molecule has 2 rings (SSSR count). The molecule has 8 heteroatoms. The lowest BCUT2D eigenvalue weighted by molar-refractivity contribution is 0.255. The number of amides is 2. The van der Waals surface area contributed by atoms with Crippen molar-refractivity contribution in [1.82, 2.24) is 14.2 Å². The molecule has 0 fully saturated rings. The molecule has 0 radical (unpaired) electrons. The Bertz CT molecular complexity index is 671. The molecule has 1 heterocycles. The van der Waals surface area contributed by atoms with Gasteiger partial charge < -0.3 is 5.73 Å². The number of carbonyl (C=O) groups is 1. The number of hydrogen-bond acceptors (Lipinski definition) is 5. The molecule has 0 aliphatic carbocycles. The van der Waals surface area contributed by atoms with Gasteiger partial charge in [-0.1, -0.05) is 43.8 Å². The number of primary amides is 1. The summed E-state index contributed by atoms with van der Waals surface area (Å²) >= 11 is 5.78. The van der Waals surface area contributed by atoms with Crippen LogP contribution in [0.4, 0.5) is 16.4 Å². The third-order valence-corrected chi connectivity index (χ3v) is 4.41. The lowest BCUT2D eigenvalue weighted by Gasteiger charge is -2.20. The van der Waals surface area contributed by atoms with Crippen LogP contribution in [-0.4, -0.2) is 26.0 Å². The summed E-state index contributed by atoms with van der Waals surface area (Å²) in [7, 11) is 0. The summed E-state index contributed by atoms with van der Waals surface area (Å²) in [6, 6.07) is 6.82. The predicted molar refractivity (Wildman–Crippen MR) is 92.9 cm³/mol. The highest BCUT2D eigenvalue weighted by Crippen LogP contribution is 2.29. The summed E-state index contributed by atoms with van der Waals surface area (Å²) in [5.74, 6) is 1.69. The van der Waals surface area contributed by atoms with Crippen LogP contribution in [0.25, 0.3) is 0 Å². The molecule has 0 atom stereocenters. The van der Waals surface area contributed by atoms with E-state index in [1.54, 1.807) is 0 Å². The highest BCUT2D eigenvalue weighted by Gasteiger charge is 2.23. The molecule has 1 aromatic carbocycles. The molecule has 0 unspecified atom stereocenters. The number of carbonyl (C=O) groups excluding carboxylic acids is 1. The second-order valence-electron chi connectivity index (χ2n) is 5.25. The third kappa shape index (κ3) is 3.75. The predicted octanol–water partition coefficient (Wildman–Crippen LogP) is 3.24. The molecule has 22 heavy (non-hydrogen) atoms. The van der Waals surface area contributed by atoms with Crippen molar-refractivity contribution in [1.29, 1.82) is 0 Å². The van der Waals surface area contributed by atoms with Crippen LogP contribution >= 0.6 is 24.6 Å². The smallest absolute Gasteiger partial charge is 0.326 e. The van der Waals surface area contributed by atoms with Crippen molar-refractivity contribution < 1.29 is 4.79 Å². The number of nitrogens with zero attached hydrogens (tertiary/aromatic N) is 4. The largest absolute Gasteiger partial charge is 0.351 e. The molecule has 118 valence electrons. The number of thiol groups is 1. The summed E-state index contributed by atoms with van der Waals surface area (Å²) < 4.78 is 1.28. The van der Waals surface area contributed by atoms with E-state index < -0.39 is 6.03 Å². The summed E-state index contributed by atoms with van der Waals surface area (Å²) in [5.41, 5.74) is 7.11. The Morgan fingerprint density at radius 2 is 2.14 bits per heavy atom. The van der Waals surface area contributed by atoms with E-state index in [-0.39, 0.29) is 5.95 Å². The van der Waals surface area contributed by atoms with Gasteiger partial charge in [-0.25, -0.2) is 9.69 Å². The van der Waals surface area contributed by atoms with E-state index in [0.29, 0.717) is 16.8 Å². The van der Waals surface area contributed by atoms with Gasteiger partial charge >= 0.3 is 6.03 Å². The van der Waals surface area contributed by atoms with Crippen molar-refractivity contribution in [2.75, 3.05) is 10.7 Å². The Morgan fingerprint density at radius 1 is 1.45 bits per heavy atom. The fraction of sp³-hybridized carbons (Fsp3) is 0.357. The van der Waals surface area contributed by atoms with Gasteiger partial charge in [-0.3, -0.25) is 0 Å². The molecule has 2 N–H and O–H groups in total. The second-order valence-corrected chi connectivity index (χ2v) is 6.61. The molecule has 0 aliphatic rings. The lowest BCUT2D eigenvalue weighted by Crippen LogP contribution is -2.33. The van der Waals surface area contributed by atoms with Gasteiger partial charge in [-0.2, -0.15) is 9.07 Å². The van der Waals surface area contributed by atoms with Gasteiger partial charge in [0.25, 0.3) is 0 Å². The van der Waals surface area contributed by atoms with Crippen LogP contribution in [0.1, 0.15) is 19.4 Å². The van der Waals surface area contributed by atoms with Gasteiger partial charge in [0.1, 0.15) is 0 Å². The first kappa shape index (κ1) is 16.7. The van der Waals surface area contributed by atoms with Crippen LogP contribution in [-0.2, 0) is 0 Å². The number of hydrogen-bond donors (Lipinski definition) is 2. The molecule has 0 bridgehead atoms. The molecule has 0 saturated heterocycles. The fourth-order valence-corrected chi connectivity index (χ4v) is 2.91. The summed E-state index contributed by atoms with van der Waals surface area (Å²) in [6.45, 7) is 6.14. The number of anilines is 2. The third-order valence-electron chi connectivity index (χ3n) is 2.88. The fourth-order valence-electron chi connectivity index (χ4n) is 1.86. The molecule has 6 nitrogen and oxygen atoms in total. The maximum atomic E-state index is 11.9. The van der Waals surface area contributed by atoms with E-state index in [9.17, 15) is 4.79 Å². The highest BCUT2D eigenvalue weighted by atomic mass is 32.2.